The second-order valence-corrected chi connectivity index (χ2v) is 7.72. The van der Waals surface area contributed by atoms with E-state index in [0.717, 1.165) is 23.3 Å². The summed E-state index contributed by atoms with van der Waals surface area (Å²) >= 11 is 5.60. The van der Waals surface area contributed by atoms with Gasteiger partial charge in [-0.1, -0.05) is 11.6 Å². The topological polar surface area (TPSA) is 88.1 Å². The number of urea groups is 1. The van der Waals surface area contributed by atoms with E-state index in [2.05, 4.69) is 20.9 Å². The van der Waals surface area contributed by atoms with Crippen LogP contribution in [0.25, 0.3) is 16.7 Å². The molecule has 0 saturated heterocycles. The van der Waals surface area contributed by atoms with Gasteiger partial charge in [-0.3, -0.25) is 9.36 Å². The van der Waals surface area contributed by atoms with Crippen molar-refractivity contribution in [2.45, 2.75) is 13.1 Å². The Morgan fingerprint density at radius 1 is 0.882 bits per heavy atom. The molecule has 174 valence electrons. The van der Waals surface area contributed by atoms with E-state index in [1.807, 2.05) is 10.6 Å². The number of nitrogens with one attached hydrogen (secondary N) is 3. The van der Waals surface area contributed by atoms with E-state index >= 15 is 0 Å². The zero-order valence-electron chi connectivity index (χ0n) is 17.6. The quantitative estimate of drug-likeness (QED) is 0.315. The van der Waals surface area contributed by atoms with Crippen LogP contribution in [-0.2, 0) is 11.0 Å². The van der Waals surface area contributed by atoms with E-state index in [1.165, 1.54) is 13.0 Å². The molecule has 3 N–H and O–H groups in total. The first-order chi connectivity index (χ1) is 16.1. The van der Waals surface area contributed by atoms with Crippen LogP contribution in [0.2, 0.25) is 5.02 Å². The molecule has 0 bridgehead atoms. The van der Waals surface area contributed by atoms with Crippen LogP contribution in [0.1, 0.15) is 12.5 Å². The number of amides is 3. The highest BCUT2D eigenvalue weighted by Gasteiger charge is 2.33. The number of halogens is 4. The summed E-state index contributed by atoms with van der Waals surface area (Å²) in [7, 11) is 0. The minimum absolute atomic E-state index is 0.0469. The van der Waals surface area contributed by atoms with Crippen LogP contribution in [-0.4, -0.2) is 21.5 Å². The predicted octanol–water partition coefficient (Wildman–Crippen LogP) is 6.30. The van der Waals surface area contributed by atoms with Crippen molar-refractivity contribution in [2.75, 3.05) is 16.0 Å². The Kier molecular flexibility index (Phi) is 6.16. The molecule has 34 heavy (non-hydrogen) atoms. The van der Waals surface area contributed by atoms with Crippen molar-refractivity contribution in [1.82, 2.24) is 9.55 Å². The largest absolute Gasteiger partial charge is 0.417 e. The maximum absolute atomic E-state index is 13.0. The molecule has 0 fully saturated rings. The summed E-state index contributed by atoms with van der Waals surface area (Å²) < 4.78 is 40.8. The van der Waals surface area contributed by atoms with Crippen LogP contribution in [0.5, 0.6) is 0 Å². The molecule has 0 aliphatic heterocycles. The summed E-state index contributed by atoms with van der Waals surface area (Å²) in [5.74, 6) is -0.178. The van der Waals surface area contributed by atoms with Crippen LogP contribution < -0.4 is 16.0 Å². The molecule has 7 nitrogen and oxygen atoms in total. The lowest BCUT2D eigenvalue weighted by Crippen LogP contribution is -2.20. The number of imidazole rings is 1. The molecule has 0 aliphatic rings. The first-order valence-electron chi connectivity index (χ1n) is 9.90. The number of alkyl halides is 3. The number of carbonyl (C=O) groups is 2. The molecule has 1 aromatic heterocycles. The van der Waals surface area contributed by atoms with Gasteiger partial charge < -0.3 is 16.0 Å². The summed E-state index contributed by atoms with van der Waals surface area (Å²) in [6.07, 6.45) is -3.00. The second kappa shape index (κ2) is 9.06. The molecule has 0 unspecified atom stereocenters. The normalized spacial score (nSPS) is 11.3. The van der Waals surface area contributed by atoms with Gasteiger partial charge in [0.15, 0.2) is 0 Å². The summed E-state index contributed by atoms with van der Waals surface area (Å²) in [5.41, 5.74) is 2.27. The Morgan fingerprint density at radius 3 is 2.18 bits per heavy atom. The fraction of sp³-hybridized carbons (Fsp3) is 0.0870. The Morgan fingerprint density at radius 2 is 1.50 bits per heavy atom. The number of anilines is 3. The van der Waals surface area contributed by atoms with Crippen molar-refractivity contribution in [3.8, 4) is 5.69 Å². The molecule has 0 aliphatic carbocycles. The smallest absolute Gasteiger partial charge is 0.326 e. The van der Waals surface area contributed by atoms with Gasteiger partial charge in [0.05, 0.1) is 21.6 Å². The molecule has 11 heteroatoms. The summed E-state index contributed by atoms with van der Waals surface area (Å²) in [6, 6.07) is 14.6. The predicted molar refractivity (Wildman–Crippen MR) is 124 cm³/mol. The molecular formula is C23H17ClF3N5O2. The lowest BCUT2D eigenvalue weighted by Gasteiger charge is -2.12. The standard InChI is InChI=1S/C23H17ClF3N5O2/c1-13(33)29-16-5-9-21-20(11-16)28-12-32(21)17-6-2-14(3-7-17)30-22(34)31-15-4-8-19(24)18(10-15)23(25,26)27/h2-12H,1H3,(H,29,33)(H2,30,31,34). The van der Waals surface area contributed by atoms with E-state index in [-0.39, 0.29) is 11.6 Å². The average Bonchev–Trinajstić information content (AvgIpc) is 3.17. The zero-order chi connectivity index (χ0) is 24.5. The molecule has 3 aromatic carbocycles. The molecule has 4 aromatic rings. The van der Waals surface area contributed by atoms with Gasteiger partial charge in [0.25, 0.3) is 0 Å². The van der Waals surface area contributed by atoms with Crippen molar-refractivity contribution < 1.29 is 22.8 Å². The minimum atomic E-state index is -4.63. The third kappa shape index (κ3) is 5.12. The molecule has 0 radical (unpaired) electrons. The van der Waals surface area contributed by atoms with Crippen LogP contribution in [0.15, 0.2) is 67.0 Å². The Bertz CT molecular complexity index is 1380. The second-order valence-electron chi connectivity index (χ2n) is 7.32. The molecular weight excluding hydrogens is 471 g/mol. The van der Waals surface area contributed by atoms with E-state index < -0.39 is 22.8 Å². The van der Waals surface area contributed by atoms with Crippen LogP contribution in [0.4, 0.5) is 35.0 Å². The number of carbonyl (C=O) groups excluding carboxylic acids is 2. The van der Waals surface area contributed by atoms with Gasteiger partial charge in [-0.2, -0.15) is 13.2 Å². The first kappa shape index (κ1) is 23.1. The van der Waals surface area contributed by atoms with Gasteiger partial charge in [0, 0.05) is 29.7 Å². The molecule has 0 atom stereocenters. The Labute approximate surface area is 196 Å². The molecule has 1 heterocycles. The lowest BCUT2D eigenvalue weighted by molar-refractivity contribution is -0.137. The first-order valence-corrected chi connectivity index (χ1v) is 10.3. The number of aromatic nitrogens is 2. The van der Waals surface area contributed by atoms with Gasteiger partial charge in [0.1, 0.15) is 6.33 Å². The number of hydrogen-bond acceptors (Lipinski definition) is 3. The SMILES string of the molecule is CC(=O)Nc1ccc2c(c1)ncn2-c1ccc(NC(=O)Nc2ccc(Cl)c(C(F)(F)F)c2)cc1. The van der Waals surface area contributed by atoms with Crippen LogP contribution >= 0.6 is 11.6 Å². The fourth-order valence-corrected chi connectivity index (χ4v) is 3.54. The highest BCUT2D eigenvalue weighted by Crippen LogP contribution is 2.36. The third-order valence-corrected chi connectivity index (χ3v) is 5.13. The molecule has 3 amide bonds. The van der Waals surface area contributed by atoms with E-state index in [9.17, 15) is 22.8 Å². The highest BCUT2D eigenvalue weighted by molar-refractivity contribution is 6.31. The van der Waals surface area contributed by atoms with Crippen LogP contribution in [0.3, 0.4) is 0 Å². The van der Waals surface area contributed by atoms with Gasteiger partial charge in [-0.15, -0.1) is 0 Å². The monoisotopic (exact) mass is 487 g/mol. The van der Waals surface area contributed by atoms with Gasteiger partial charge in [-0.25, -0.2) is 9.78 Å². The maximum Gasteiger partial charge on any atom is 0.417 e. The van der Waals surface area contributed by atoms with Gasteiger partial charge in [-0.05, 0) is 60.7 Å². The van der Waals surface area contributed by atoms with Crippen molar-refractivity contribution in [2.24, 2.45) is 0 Å². The van der Waals surface area contributed by atoms with Crippen molar-refractivity contribution in [3.63, 3.8) is 0 Å². The van der Waals surface area contributed by atoms with Crippen molar-refractivity contribution in [3.05, 3.63) is 77.6 Å². The minimum Gasteiger partial charge on any atom is -0.326 e. The Hall–Kier alpha value is -4.05. The van der Waals surface area contributed by atoms with Gasteiger partial charge in [0.2, 0.25) is 5.91 Å². The maximum atomic E-state index is 13.0. The third-order valence-electron chi connectivity index (χ3n) is 4.80. The fourth-order valence-electron chi connectivity index (χ4n) is 3.32. The number of hydrogen-bond donors (Lipinski definition) is 3. The number of nitrogens with zero attached hydrogens (tertiary/aromatic N) is 2. The molecule has 0 saturated carbocycles. The number of rotatable bonds is 4. The summed E-state index contributed by atoms with van der Waals surface area (Å²) in [5, 5.41) is 7.18. The van der Waals surface area contributed by atoms with Crippen molar-refractivity contribution in [1.29, 1.82) is 0 Å². The summed E-state index contributed by atoms with van der Waals surface area (Å²) in [4.78, 5) is 27.8. The molecule has 4 rings (SSSR count). The van der Waals surface area contributed by atoms with Gasteiger partial charge >= 0.3 is 12.2 Å². The zero-order valence-corrected chi connectivity index (χ0v) is 18.3. The number of fused-ring (bicyclic) bond motifs is 1. The van der Waals surface area contributed by atoms with E-state index in [0.29, 0.717) is 16.9 Å². The lowest BCUT2D eigenvalue weighted by atomic mass is 10.2. The number of benzene rings is 3. The summed E-state index contributed by atoms with van der Waals surface area (Å²) in [6.45, 7) is 1.42. The van der Waals surface area contributed by atoms with E-state index in [1.54, 1.807) is 42.7 Å². The van der Waals surface area contributed by atoms with E-state index in [4.69, 9.17) is 11.6 Å². The average molecular weight is 488 g/mol. The Balaban J connectivity index is 1.46. The highest BCUT2D eigenvalue weighted by atomic mass is 35.5. The van der Waals surface area contributed by atoms with Crippen LogP contribution in [0, 0.1) is 0 Å². The van der Waals surface area contributed by atoms with Crippen molar-refractivity contribution >= 4 is 51.6 Å². The molecule has 0 spiro atoms.